The van der Waals surface area contributed by atoms with E-state index >= 15 is 0 Å². The molecule has 0 aliphatic rings. The Morgan fingerprint density at radius 2 is 1.44 bits per heavy atom. The normalized spacial score (nSPS) is 12.0. The van der Waals surface area contributed by atoms with Crippen LogP contribution in [0, 0.1) is 0 Å². The van der Waals surface area contributed by atoms with Crippen molar-refractivity contribution in [1.82, 2.24) is 5.32 Å². The molecule has 0 unspecified atom stereocenters. The Morgan fingerprint density at radius 1 is 0.889 bits per heavy atom. The lowest BCUT2D eigenvalue weighted by molar-refractivity contribution is -0.173. The summed E-state index contributed by atoms with van der Waals surface area (Å²) in [6, 6.07) is 0. The maximum absolute atomic E-state index is 11.7. The maximum atomic E-state index is 11.7. The summed E-state index contributed by atoms with van der Waals surface area (Å²) in [4.78, 5) is 0. The standard InChI is InChI=1S/C12H24F3NO2/c1-2-3-8-17-9-4-6-16-7-5-10-18-11-12(13,14)15/h16H,2-11H2,1H3. The molecule has 18 heavy (non-hydrogen) atoms. The molecule has 0 rings (SSSR count). The second-order valence-electron chi connectivity index (χ2n) is 4.09. The van der Waals surface area contributed by atoms with Crippen molar-refractivity contribution in [3.63, 3.8) is 0 Å². The summed E-state index contributed by atoms with van der Waals surface area (Å²) < 4.78 is 45.0. The summed E-state index contributed by atoms with van der Waals surface area (Å²) in [6.07, 6.45) is -0.483. The van der Waals surface area contributed by atoms with E-state index < -0.39 is 12.8 Å². The van der Waals surface area contributed by atoms with Crippen molar-refractivity contribution in [3.05, 3.63) is 0 Å². The van der Waals surface area contributed by atoms with Crippen molar-refractivity contribution < 1.29 is 22.6 Å². The highest BCUT2D eigenvalue weighted by atomic mass is 19.4. The first-order chi connectivity index (χ1) is 8.56. The Kier molecular flexibility index (Phi) is 11.5. The molecule has 6 heteroatoms. The number of ether oxygens (including phenoxy) is 2. The Labute approximate surface area is 107 Å². The molecule has 0 spiro atoms. The summed E-state index contributed by atoms with van der Waals surface area (Å²) in [7, 11) is 0. The van der Waals surface area contributed by atoms with Gasteiger partial charge in [-0.3, -0.25) is 0 Å². The first kappa shape index (κ1) is 17.7. The zero-order valence-corrected chi connectivity index (χ0v) is 11.0. The van der Waals surface area contributed by atoms with Gasteiger partial charge in [0.25, 0.3) is 0 Å². The van der Waals surface area contributed by atoms with Crippen molar-refractivity contribution in [2.75, 3.05) is 39.5 Å². The highest BCUT2D eigenvalue weighted by Crippen LogP contribution is 2.14. The molecular formula is C12H24F3NO2. The van der Waals surface area contributed by atoms with Gasteiger partial charge in [-0.25, -0.2) is 0 Å². The third-order valence-corrected chi connectivity index (χ3v) is 2.19. The Bertz CT molecular complexity index is 177. The van der Waals surface area contributed by atoms with Gasteiger partial charge in [-0.2, -0.15) is 13.2 Å². The molecule has 0 bridgehead atoms. The van der Waals surface area contributed by atoms with E-state index in [1.54, 1.807) is 0 Å². The number of hydrogen-bond donors (Lipinski definition) is 1. The Morgan fingerprint density at radius 3 is 2.00 bits per heavy atom. The molecule has 0 saturated heterocycles. The first-order valence-corrected chi connectivity index (χ1v) is 6.49. The van der Waals surface area contributed by atoms with E-state index in [4.69, 9.17) is 4.74 Å². The van der Waals surface area contributed by atoms with Crippen LogP contribution in [0.1, 0.15) is 32.6 Å². The molecule has 0 fully saturated rings. The first-order valence-electron chi connectivity index (χ1n) is 6.49. The minimum atomic E-state index is -4.22. The quantitative estimate of drug-likeness (QED) is 0.554. The van der Waals surface area contributed by atoms with Gasteiger partial charge in [0.1, 0.15) is 6.61 Å². The number of nitrogens with one attached hydrogen (secondary N) is 1. The summed E-state index contributed by atoms with van der Waals surface area (Å²) in [5.74, 6) is 0. The minimum absolute atomic E-state index is 0.138. The topological polar surface area (TPSA) is 30.5 Å². The van der Waals surface area contributed by atoms with Gasteiger partial charge in [-0.1, -0.05) is 13.3 Å². The van der Waals surface area contributed by atoms with Crippen LogP contribution >= 0.6 is 0 Å². The fourth-order valence-electron chi connectivity index (χ4n) is 1.26. The fourth-order valence-corrected chi connectivity index (χ4v) is 1.26. The molecule has 0 radical (unpaired) electrons. The smallest absolute Gasteiger partial charge is 0.381 e. The fraction of sp³-hybridized carbons (Fsp3) is 1.00. The number of rotatable bonds is 12. The molecule has 1 N–H and O–H groups in total. The zero-order valence-electron chi connectivity index (χ0n) is 11.0. The zero-order chi connectivity index (χ0) is 13.7. The molecule has 0 atom stereocenters. The minimum Gasteiger partial charge on any atom is -0.381 e. The van der Waals surface area contributed by atoms with E-state index in [9.17, 15) is 13.2 Å². The highest BCUT2D eigenvalue weighted by molar-refractivity contribution is 4.50. The van der Waals surface area contributed by atoms with Crippen molar-refractivity contribution in [1.29, 1.82) is 0 Å². The maximum Gasteiger partial charge on any atom is 0.411 e. The van der Waals surface area contributed by atoms with E-state index in [2.05, 4.69) is 17.0 Å². The van der Waals surface area contributed by atoms with Gasteiger partial charge < -0.3 is 14.8 Å². The van der Waals surface area contributed by atoms with E-state index in [0.717, 1.165) is 39.0 Å². The SMILES string of the molecule is CCCCOCCCNCCCOCC(F)(F)F. The number of hydrogen-bond acceptors (Lipinski definition) is 3. The van der Waals surface area contributed by atoms with Crippen LogP contribution in [-0.4, -0.2) is 45.7 Å². The molecule has 0 aliphatic heterocycles. The molecule has 0 saturated carbocycles. The van der Waals surface area contributed by atoms with Crippen molar-refractivity contribution in [2.24, 2.45) is 0 Å². The molecule has 110 valence electrons. The van der Waals surface area contributed by atoms with Crippen LogP contribution in [-0.2, 0) is 9.47 Å². The average Bonchev–Trinajstić information content (AvgIpc) is 2.29. The van der Waals surface area contributed by atoms with Gasteiger partial charge in [-0.15, -0.1) is 0 Å². The molecule has 0 aromatic carbocycles. The predicted molar refractivity (Wildman–Crippen MR) is 64.7 cm³/mol. The van der Waals surface area contributed by atoms with Crippen LogP contribution in [0.5, 0.6) is 0 Å². The molecule has 0 aromatic heterocycles. The van der Waals surface area contributed by atoms with Gasteiger partial charge in [0.15, 0.2) is 0 Å². The van der Waals surface area contributed by atoms with E-state index in [0.29, 0.717) is 13.0 Å². The molecule has 0 aliphatic carbocycles. The monoisotopic (exact) mass is 271 g/mol. The van der Waals surface area contributed by atoms with Gasteiger partial charge >= 0.3 is 6.18 Å². The summed E-state index contributed by atoms with van der Waals surface area (Å²) in [5, 5.41) is 3.13. The molecule has 0 amide bonds. The van der Waals surface area contributed by atoms with Crippen LogP contribution in [0.15, 0.2) is 0 Å². The van der Waals surface area contributed by atoms with Crippen molar-refractivity contribution in [3.8, 4) is 0 Å². The lowest BCUT2D eigenvalue weighted by Crippen LogP contribution is -2.21. The summed E-state index contributed by atoms with van der Waals surface area (Å²) in [5.41, 5.74) is 0. The number of halogens is 3. The highest BCUT2D eigenvalue weighted by Gasteiger charge is 2.26. The van der Waals surface area contributed by atoms with E-state index in [1.807, 2.05) is 0 Å². The molecular weight excluding hydrogens is 247 g/mol. The third kappa shape index (κ3) is 15.7. The predicted octanol–water partition coefficient (Wildman–Crippen LogP) is 2.75. The van der Waals surface area contributed by atoms with Gasteiger partial charge in [0.2, 0.25) is 0 Å². The van der Waals surface area contributed by atoms with E-state index in [-0.39, 0.29) is 6.61 Å². The lowest BCUT2D eigenvalue weighted by atomic mass is 10.3. The average molecular weight is 271 g/mol. The van der Waals surface area contributed by atoms with Crippen LogP contribution in [0.25, 0.3) is 0 Å². The second kappa shape index (κ2) is 11.7. The second-order valence-corrected chi connectivity index (χ2v) is 4.09. The van der Waals surface area contributed by atoms with Gasteiger partial charge in [0, 0.05) is 19.8 Å². The lowest BCUT2D eigenvalue weighted by Gasteiger charge is -2.08. The van der Waals surface area contributed by atoms with Crippen LogP contribution < -0.4 is 5.32 Å². The van der Waals surface area contributed by atoms with Crippen LogP contribution in [0.4, 0.5) is 13.2 Å². The molecule has 3 nitrogen and oxygen atoms in total. The number of unbranched alkanes of at least 4 members (excludes halogenated alkanes) is 1. The summed E-state index contributed by atoms with van der Waals surface area (Å²) in [6.45, 7) is 4.14. The van der Waals surface area contributed by atoms with Gasteiger partial charge in [0.05, 0.1) is 0 Å². The molecule has 0 heterocycles. The van der Waals surface area contributed by atoms with E-state index in [1.165, 1.54) is 0 Å². The van der Waals surface area contributed by atoms with Crippen LogP contribution in [0.3, 0.4) is 0 Å². The van der Waals surface area contributed by atoms with Gasteiger partial charge in [-0.05, 0) is 32.4 Å². The number of alkyl halides is 3. The van der Waals surface area contributed by atoms with Crippen molar-refractivity contribution in [2.45, 2.75) is 38.8 Å². The van der Waals surface area contributed by atoms with Crippen molar-refractivity contribution >= 4 is 0 Å². The summed E-state index contributed by atoms with van der Waals surface area (Å²) >= 11 is 0. The Balaban J connectivity index is 2.99. The third-order valence-electron chi connectivity index (χ3n) is 2.19. The molecule has 0 aromatic rings. The Hall–Kier alpha value is -0.330. The van der Waals surface area contributed by atoms with Crippen LogP contribution in [0.2, 0.25) is 0 Å². The largest absolute Gasteiger partial charge is 0.411 e.